The van der Waals surface area contributed by atoms with Gasteiger partial charge in [-0.2, -0.15) is 0 Å². The van der Waals surface area contributed by atoms with Crippen LogP contribution in [0.4, 0.5) is 0 Å². The van der Waals surface area contributed by atoms with Gasteiger partial charge in [-0.1, -0.05) is 37.3 Å². The van der Waals surface area contributed by atoms with Gasteiger partial charge in [-0.05, 0) is 25.5 Å². The Hall–Kier alpha value is -1.23. The Balaban J connectivity index is 2.17. The normalized spacial score (nSPS) is 14.0. The third kappa shape index (κ3) is 4.92. The van der Waals surface area contributed by atoms with Gasteiger partial charge in [-0.25, -0.2) is 4.98 Å². The quantitative estimate of drug-likeness (QED) is 0.764. The van der Waals surface area contributed by atoms with Crippen LogP contribution in [0.15, 0.2) is 41.9 Å². The Morgan fingerprint density at radius 3 is 2.67 bits per heavy atom. The molecule has 3 nitrogen and oxygen atoms in total. The maximum Gasteiger partial charge on any atom is 0.0981 e. The minimum Gasteiger partial charge on any atom is -0.372 e. The number of aromatic nitrogens is 1. The van der Waals surface area contributed by atoms with Crippen LogP contribution in [0.5, 0.6) is 0 Å². The van der Waals surface area contributed by atoms with E-state index in [9.17, 15) is 0 Å². The molecule has 2 atom stereocenters. The van der Waals surface area contributed by atoms with E-state index in [-0.39, 0.29) is 12.1 Å². The molecule has 21 heavy (non-hydrogen) atoms. The smallest absolute Gasteiger partial charge is 0.0981 e. The first-order valence-corrected chi connectivity index (χ1v) is 8.51. The highest BCUT2D eigenvalue weighted by atomic mass is 32.1. The number of thiazole rings is 1. The van der Waals surface area contributed by atoms with Gasteiger partial charge >= 0.3 is 0 Å². The molecule has 0 bridgehead atoms. The predicted molar refractivity (Wildman–Crippen MR) is 88.7 cm³/mol. The molecule has 1 N–H and O–H groups in total. The summed E-state index contributed by atoms with van der Waals surface area (Å²) in [5, 5.41) is 6.82. The molecule has 0 spiro atoms. The van der Waals surface area contributed by atoms with Gasteiger partial charge in [0.1, 0.15) is 0 Å². The molecule has 1 aromatic heterocycles. The number of ether oxygens (including phenoxy) is 1. The summed E-state index contributed by atoms with van der Waals surface area (Å²) < 4.78 is 6.05. The molecule has 0 aliphatic heterocycles. The minimum atomic E-state index is 0.0617. The van der Waals surface area contributed by atoms with Crippen LogP contribution in [0.2, 0.25) is 0 Å². The van der Waals surface area contributed by atoms with Crippen molar-refractivity contribution < 1.29 is 4.74 Å². The lowest BCUT2D eigenvalue weighted by Crippen LogP contribution is -2.38. The number of hydrogen-bond acceptors (Lipinski definition) is 4. The molecule has 0 saturated heterocycles. The van der Waals surface area contributed by atoms with Crippen LogP contribution in [-0.4, -0.2) is 24.2 Å². The van der Waals surface area contributed by atoms with E-state index in [1.54, 1.807) is 11.3 Å². The van der Waals surface area contributed by atoms with Crippen LogP contribution in [0, 0.1) is 0 Å². The van der Waals surface area contributed by atoms with Crippen LogP contribution in [0.1, 0.15) is 36.9 Å². The van der Waals surface area contributed by atoms with Crippen molar-refractivity contribution in [1.82, 2.24) is 10.3 Å². The zero-order chi connectivity index (χ0) is 14.9. The molecule has 0 aliphatic rings. The second kappa shape index (κ2) is 8.93. The summed E-state index contributed by atoms with van der Waals surface area (Å²) in [6.07, 6.45) is 3.94. The van der Waals surface area contributed by atoms with Crippen LogP contribution in [0.25, 0.3) is 0 Å². The van der Waals surface area contributed by atoms with Gasteiger partial charge in [0.2, 0.25) is 0 Å². The van der Waals surface area contributed by atoms with E-state index >= 15 is 0 Å². The number of hydrogen-bond donors (Lipinski definition) is 1. The fraction of sp³-hybridized carbons (Fsp3) is 0.471. The second-order valence-electron chi connectivity index (χ2n) is 4.98. The Kier molecular flexibility index (Phi) is 6.86. The number of benzene rings is 1. The zero-order valence-electron chi connectivity index (χ0n) is 12.8. The lowest BCUT2D eigenvalue weighted by atomic mass is 9.99. The highest BCUT2D eigenvalue weighted by Gasteiger charge is 2.24. The van der Waals surface area contributed by atoms with Crippen molar-refractivity contribution in [2.24, 2.45) is 0 Å². The van der Waals surface area contributed by atoms with E-state index in [0.29, 0.717) is 6.61 Å². The van der Waals surface area contributed by atoms with Gasteiger partial charge in [0, 0.05) is 30.6 Å². The minimum absolute atomic E-state index is 0.0617. The summed E-state index contributed by atoms with van der Waals surface area (Å²) in [5.74, 6) is 0. The number of nitrogens with one attached hydrogen (secondary N) is 1. The lowest BCUT2D eigenvalue weighted by Gasteiger charge is -2.28. The number of nitrogens with zero attached hydrogens (tertiary/aromatic N) is 1. The first kappa shape index (κ1) is 16.1. The van der Waals surface area contributed by atoms with Gasteiger partial charge in [0.25, 0.3) is 0 Å². The Morgan fingerprint density at radius 2 is 2.05 bits per heavy atom. The fourth-order valence-electron chi connectivity index (χ4n) is 2.42. The Bertz CT molecular complexity index is 487. The molecule has 2 aromatic rings. The molecular formula is C17H24N2OS. The molecule has 1 aromatic carbocycles. The topological polar surface area (TPSA) is 34.2 Å². The van der Waals surface area contributed by atoms with Crippen molar-refractivity contribution in [3.8, 4) is 0 Å². The van der Waals surface area contributed by atoms with E-state index in [1.165, 1.54) is 5.56 Å². The standard InChI is InChI=1S/C17H24N2OS/c1-3-10-18-15(13-16-19-11-12-21-16)17(20-4-2)14-8-6-5-7-9-14/h5-9,11-12,15,17-18H,3-4,10,13H2,1-2H3. The van der Waals surface area contributed by atoms with Crippen LogP contribution >= 0.6 is 11.3 Å². The zero-order valence-corrected chi connectivity index (χ0v) is 13.6. The van der Waals surface area contributed by atoms with Crippen molar-refractivity contribution in [3.05, 3.63) is 52.5 Å². The van der Waals surface area contributed by atoms with Gasteiger partial charge in [0.05, 0.1) is 11.1 Å². The third-order valence-corrected chi connectivity index (χ3v) is 4.18. The summed E-state index contributed by atoms with van der Waals surface area (Å²) >= 11 is 1.71. The molecule has 2 rings (SSSR count). The maximum atomic E-state index is 6.05. The van der Waals surface area contributed by atoms with Gasteiger partial charge in [0.15, 0.2) is 0 Å². The average molecular weight is 304 g/mol. The molecule has 0 radical (unpaired) electrons. The third-order valence-electron chi connectivity index (χ3n) is 3.37. The molecule has 1 heterocycles. The van der Waals surface area contributed by atoms with E-state index in [4.69, 9.17) is 4.74 Å². The summed E-state index contributed by atoms with van der Waals surface area (Å²) in [6, 6.07) is 10.7. The van der Waals surface area contributed by atoms with Gasteiger partial charge in [-0.3, -0.25) is 0 Å². The van der Waals surface area contributed by atoms with E-state index < -0.39 is 0 Å². The highest BCUT2D eigenvalue weighted by Crippen LogP contribution is 2.24. The molecule has 114 valence electrons. The van der Waals surface area contributed by atoms with Gasteiger partial charge in [-0.15, -0.1) is 11.3 Å². The molecule has 4 heteroatoms. The molecule has 0 saturated carbocycles. The second-order valence-corrected chi connectivity index (χ2v) is 5.96. The first-order chi connectivity index (χ1) is 10.3. The Morgan fingerprint density at radius 1 is 1.24 bits per heavy atom. The summed E-state index contributed by atoms with van der Waals surface area (Å²) in [6.45, 7) is 5.94. The SMILES string of the molecule is CCCNC(Cc1nccs1)C(OCC)c1ccccc1. The van der Waals surface area contributed by atoms with E-state index in [2.05, 4.69) is 48.4 Å². The van der Waals surface area contributed by atoms with E-state index in [0.717, 1.165) is 24.4 Å². The first-order valence-electron chi connectivity index (χ1n) is 7.63. The molecule has 2 unspecified atom stereocenters. The summed E-state index contributed by atoms with van der Waals surface area (Å²) in [7, 11) is 0. The molecular weight excluding hydrogens is 280 g/mol. The maximum absolute atomic E-state index is 6.05. The van der Waals surface area contributed by atoms with Crippen LogP contribution in [0.3, 0.4) is 0 Å². The van der Waals surface area contributed by atoms with Crippen molar-refractivity contribution in [2.45, 2.75) is 38.8 Å². The lowest BCUT2D eigenvalue weighted by molar-refractivity contribution is 0.0332. The molecule has 0 fully saturated rings. The van der Waals surface area contributed by atoms with Crippen molar-refractivity contribution >= 4 is 11.3 Å². The molecule has 0 aliphatic carbocycles. The van der Waals surface area contributed by atoms with Gasteiger partial charge < -0.3 is 10.1 Å². The predicted octanol–water partition coefficient (Wildman–Crippen LogP) is 3.83. The summed E-state index contributed by atoms with van der Waals surface area (Å²) in [5.41, 5.74) is 1.23. The Labute approximate surface area is 131 Å². The largest absolute Gasteiger partial charge is 0.372 e. The fourth-order valence-corrected chi connectivity index (χ4v) is 3.10. The van der Waals surface area contributed by atoms with Crippen molar-refractivity contribution in [2.75, 3.05) is 13.2 Å². The average Bonchev–Trinajstić information content (AvgIpc) is 3.03. The van der Waals surface area contributed by atoms with Crippen molar-refractivity contribution in [1.29, 1.82) is 0 Å². The molecule has 0 amide bonds. The number of rotatable bonds is 9. The monoisotopic (exact) mass is 304 g/mol. The van der Waals surface area contributed by atoms with Crippen LogP contribution in [-0.2, 0) is 11.2 Å². The van der Waals surface area contributed by atoms with E-state index in [1.807, 2.05) is 17.6 Å². The highest BCUT2D eigenvalue weighted by molar-refractivity contribution is 7.09. The van der Waals surface area contributed by atoms with Crippen LogP contribution < -0.4 is 5.32 Å². The summed E-state index contributed by atoms with van der Waals surface area (Å²) in [4.78, 5) is 4.42. The van der Waals surface area contributed by atoms with Crippen molar-refractivity contribution in [3.63, 3.8) is 0 Å².